The molecule has 0 radical (unpaired) electrons. The van der Waals surface area contributed by atoms with Gasteiger partial charge in [-0.05, 0) is 24.8 Å². The summed E-state index contributed by atoms with van der Waals surface area (Å²) in [7, 11) is 0. The van der Waals surface area contributed by atoms with Crippen LogP contribution in [0.3, 0.4) is 0 Å². The molecule has 1 saturated carbocycles. The summed E-state index contributed by atoms with van der Waals surface area (Å²) < 4.78 is 0. The molecule has 0 bridgehead atoms. The van der Waals surface area contributed by atoms with Gasteiger partial charge in [0.25, 0.3) is 0 Å². The highest BCUT2D eigenvalue weighted by Crippen LogP contribution is 2.22. The second-order valence-electron chi connectivity index (χ2n) is 8.67. The van der Waals surface area contributed by atoms with E-state index in [1.807, 2.05) is 0 Å². The molecule has 0 N–H and O–H groups in total. The Kier molecular flexibility index (Phi) is 11.7. The van der Waals surface area contributed by atoms with E-state index in [0.29, 0.717) is 32.0 Å². The maximum atomic E-state index is 12.7. The van der Waals surface area contributed by atoms with Crippen LogP contribution < -0.4 is 0 Å². The molecule has 2 amide bonds. The number of carbonyl (C=O) groups is 3. The van der Waals surface area contributed by atoms with Gasteiger partial charge in [-0.15, -0.1) is 0 Å². The third kappa shape index (κ3) is 9.60. The topological polar surface area (TPSA) is 57.7 Å². The van der Waals surface area contributed by atoms with E-state index in [-0.39, 0.29) is 18.4 Å². The van der Waals surface area contributed by atoms with Gasteiger partial charge in [-0.2, -0.15) is 0 Å². The van der Waals surface area contributed by atoms with E-state index in [2.05, 4.69) is 6.08 Å². The normalized spacial score (nSPS) is 22.3. The lowest BCUT2D eigenvalue weighted by atomic mass is 9.93. The molecule has 1 aliphatic carbocycles. The third-order valence-electron chi connectivity index (χ3n) is 6.36. The lowest BCUT2D eigenvalue weighted by molar-refractivity contribution is -0.132. The van der Waals surface area contributed by atoms with Crippen LogP contribution >= 0.6 is 0 Å². The van der Waals surface area contributed by atoms with Crippen molar-refractivity contribution in [3.8, 4) is 0 Å². The molecular formula is C24H40N2O3. The molecule has 2 rings (SSSR count). The molecule has 1 aliphatic heterocycles. The molecule has 2 aliphatic rings. The molecule has 0 unspecified atom stereocenters. The Balaban J connectivity index is 1.84. The van der Waals surface area contributed by atoms with Crippen molar-refractivity contribution in [1.82, 2.24) is 9.80 Å². The molecule has 0 spiro atoms. The molecule has 5 heteroatoms. The van der Waals surface area contributed by atoms with Gasteiger partial charge in [0, 0.05) is 26.1 Å². The highest BCUT2D eigenvalue weighted by molar-refractivity contribution is 5.88. The van der Waals surface area contributed by atoms with Crippen LogP contribution in [0, 0.1) is 5.92 Å². The molecule has 1 saturated heterocycles. The molecule has 164 valence electrons. The van der Waals surface area contributed by atoms with Crippen molar-refractivity contribution in [2.45, 2.75) is 89.9 Å². The Morgan fingerprint density at radius 2 is 1.38 bits per heavy atom. The number of amides is 2. The fraction of sp³-hybridized carbons (Fsp3) is 0.792. The number of carbonyl (C=O) groups excluding carboxylic acids is 3. The first-order valence-electron chi connectivity index (χ1n) is 11.9. The van der Waals surface area contributed by atoms with Crippen molar-refractivity contribution in [3.05, 3.63) is 12.2 Å². The Labute approximate surface area is 176 Å². The van der Waals surface area contributed by atoms with Crippen LogP contribution in [0.1, 0.15) is 89.9 Å². The molecule has 5 nitrogen and oxygen atoms in total. The SMILES string of the molecule is O=CCN1CCN(C(=O)/C=C/C2CCCCCCCCCCCCC2)CCC1=O. The summed E-state index contributed by atoms with van der Waals surface area (Å²) in [5.74, 6) is 0.453. The zero-order valence-corrected chi connectivity index (χ0v) is 18.2. The first kappa shape index (κ1) is 23.6. The second-order valence-corrected chi connectivity index (χ2v) is 8.67. The summed E-state index contributed by atoms with van der Waals surface area (Å²) in [6, 6.07) is 0. The monoisotopic (exact) mass is 404 g/mol. The quantitative estimate of drug-likeness (QED) is 0.512. The summed E-state index contributed by atoms with van der Waals surface area (Å²) in [4.78, 5) is 38.7. The second kappa shape index (κ2) is 14.4. The van der Waals surface area contributed by atoms with Crippen LogP contribution in [-0.2, 0) is 14.4 Å². The standard InChI is InChI=1S/C24H40N2O3/c27-21-20-26-19-18-25(17-16-24(26)29)23(28)15-14-22-12-10-8-6-4-2-1-3-5-7-9-11-13-22/h14-15,21-22H,1-13,16-20H2/b15-14+. The molecule has 1 heterocycles. The van der Waals surface area contributed by atoms with Gasteiger partial charge in [-0.3, -0.25) is 9.59 Å². The van der Waals surface area contributed by atoms with Gasteiger partial charge in [0.15, 0.2) is 0 Å². The van der Waals surface area contributed by atoms with Crippen LogP contribution in [-0.4, -0.2) is 54.1 Å². The predicted octanol–water partition coefficient (Wildman–Crippen LogP) is 4.50. The molecule has 29 heavy (non-hydrogen) atoms. The number of hydrogen-bond donors (Lipinski definition) is 0. The molecule has 0 atom stereocenters. The minimum atomic E-state index is -0.0394. The summed E-state index contributed by atoms with van der Waals surface area (Å²) >= 11 is 0. The zero-order valence-electron chi connectivity index (χ0n) is 18.2. The van der Waals surface area contributed by atoms with E-state index in [0.717, 1.165) is 6.29 Å². The van der Waals surface area contributed by atoms with Crippen LogP contribution in [0.4, 0.5) is 0 Å². The minimum absolute atomic E-state index is 0.00478. The maximum absolute atomic E-state index is 12.7. The molecule has 0 aromatic carbocycles. The molecule has 2 fully saturated rings. The number of hydrogen-bond acceptors (Lipinski definition) is 3. The van der Waals surface area contributed by atoms with Crippen molar-refractivity contribution in [2.75, 3.05) is 26.2 Å². The van der Waals surface area contributed by atoms with Gasteiger partial charge < -0.3 is 14.6 Å². The van der Waals surface area contributed by atoms with Crippen molar-refractivity contribution in [3.63, 3.8) is 0 Å². The summed E-state index contributed by atoms with van der Waals surface area (Å²) in [5.41, 5.74) is 0. The molecule has 0 aromatic heterocycles. The summed E-state index contributed by atoms with van der Waals surface area (Å²) in [6.45, 7) is 1.52. The van der Waals surface area contributed by atoms with Crippen molar-refractivity contribution in [2.24, 2.45) is 5.92 Å². The minimum Gasteiger partial charge on any atom is -0.337 e. The fourth-order valence-corrected chi connectivity index (χ4v) is 4.43. The fourth-order valence-electron chi connectivity index (χ4n) is 4.43. The number of allylic oxidation sites excluding steroid dienone is 1. The third-order valence-corrected chi connectivity index (χ3v) is 6.36. The van der Waals surface area contributed by atoms with Crippen LogP contribution in [0.5, 0.6) is 0 Å². The highest BCUT2D eigenvalue weighted by Gasteiger charge is 2.22. The lowest BCUT2D eigenvalue weighted by Gasteiger charge is -2.20. The van der Waals surface area contributed by atoms with Crippen LogP contribution in [0.25, 0.3) is 0 Å². The van der Waals surface area contributed by atoms with Gasteiger partial charge in [0.1, 0.15) is 6.29 Å². The van der Waals surface area contributed by atoms with E-state index in [9.17, 15) is 14.4 Å². The number of rotatable bonds is 4. The van der Waals surface area contributed by atoms with Crippen LogP contribution in [0.2, 0.25) is 0 Å². The van der Waals surface area contributed by atoms with Gasteiger partial charge in [-0.25, -0.2) is 0 Å². The van der Waals surface area contributed by atoms with Crippen molar-refractivity contribution in [1.29, 1.82) is 0 Å². The predicted molar refractivity (Wildman–Crippen MR) is 116 cm³/mol. The molecule has 0 aromatic rings. The van der Waals surface area contributed by atoms with Gasteiger partial charge >= 0.3 is 0 Å². The average molecular weight is 405 g/mol. The Morgan fingerprint density at radius 3 is 1.93 bits per heavy atom. The van der Waals surface area contributed by atoms with Crippen molar-refractivity contribution >= 4 is 18.1 Å². The Hall–Kier alpha value is -1.65. The van der Waals surface area contributed by atoms with E-state index < -0.39 is 0 Å². The zero-order chi connectivity index (χ0) is 20.7. The van der Waals surface area contributed by atoms with Crippen LogP contribution in [0.15, 0.2) is 12.2 Å². The highest BCUT2D eigenvalue weighted by atomic mass is 16.2. The van der Waals surface area contributed by atoms with E-state index in [1.165, 1.54) is 83.5 Å². The Morgan fingerprint density at radius 1 is 0.828 bits per heavy atom. The average Bonchev–Trinajstić information content (AvgIpc) is 2.90. The summed E-state index contributed by atoms with van der Waals surface area (Å²) in [5, 5.41) is 0. The Bertz CT molecular complexity index is 518. The maximum Gasteiger partial charge on any atom is 0.246 e. The smallest absolute Gasteiger partial charge is 0.246 e. The largest absolute Gasteiger partial charge is 0.337 e. The van der Waals surface area contributed by atoms with E-state index >= 15 is 0 Å². The molecular weight excluding hydrogens is 364 g/mol. The van der Waals surface area contributed by atoms with Gasteiger partial charge in [-0.1, -0.05) is 76.7 Å². The van der Waals surface area contributed by atoms with Gasteiger partial charge in [0.2, 0.25) is 11.8 Å². The van der Waals surface area contributed by atoms with E-state index in [4.69, 9.17) is 0 Å². The first-order chi connectivity index (χ1) is 14.2. The summed E-state index contributed by atoms with van der Waals surface area (Å²) in [6.07, 6.45) is 22.0. The number of aldehydes is 1. The van der Waals surface area contributed by atoms with Gasteiger partial charge in [0.05, 0.1) is 6.54 Å². The van der Waals surface area contributed by atoms with Crippen molar-refractivity contribution < 1.29 is 14.4 Å². The first-order valence-corrected chi connectivity index (χ1v) is 11.9. The lowest BCUT2D eigenvalue weighted by Crippen LogP contribution is -2.36. The number of nitrogens with zero attached hydrogens (tertiary/aromatic N) is 2. The van der Waals surface area contributed by atoms with E-state index in [1.54, 1.807) is 15.9 Å².